The predicted molar refractivity (Wildman–Crippen MR) is 229 cm³/mol. The molecule has 0 bridgehead atoms. The van der Waals surface area contributed by atoms with Crippen molar-refractivity contribution in [1.29, 1.82) is 0 Å². The molecule has 53 heavy (non-hydrogen) atoms. The summed E-state index contributed by atoms with van der Waals surface area (Å²) in [5.41, 5.74) is 0. The largest absolute Gasteiger partial charge is 0.482 e. The first kappa shape index (κ1) is 67.8. The predicted octanol–water partition coefficient (Wildman–Crippen LogP) is 10.0. The van der Waals surface area contributed by atoms with Crippen molar-refractivity contribution in [2.75, 3.05) is 65.4 Å². The summed E-state index contributed by atoms with van der Waals surface area (Å²) >= 11 is 0. The number of nitrogens with zero attached hydrogens (tertiary/aromatic N) is 6. The molecule has 3 fully saturated rings. The smallest absolute Gasteiger partial charge is 0.00385 e. The average Bonchev–Trinajstić information content (AvgIpc) is 3.49. The van der Waals surface area contributed by atoms with Gasteiger partial charge in [0, 0.05) is 116 Å². The summed E-state index contributed by atoms with van der Waals surface area (Å²) in [5, 5.41) is 0. The summed E-state index contributed by atoms with van der Waals surface area (Å²) in [4.78, 5) is 13.8. The summed E-state index contributed by atoms with van der Waals surface area (Å²) < 4.78 is 0. The molecule has 3 radical (unpaired) electrons. The minimum Gasteiger partial charge on any atom is -0.482 e. The molecular weight excluding hydrogens is 879 g/mol. The van der Waals surface area contributed by atoms with Gasteiger partial charge >= 0.3 is 0 Å². The summed E-state index contributed by atoms with van der Waals surface area (Å²) in [7, 11) is 7.55. The van der Waals surface area contributed by atoms with Gasteiger partial charge in [0.15, 0.2) is 0 Å². The van der Waals surface area contributed by atoms with Crippen molar-refractivity contribution in [2.45, 2.75) is 184 Å². The van der Waals surface area contributed by atoms with Crippen LogP contribution in [0.15, 0.2) is 0 Å². The van der Waals surface area contributed by atoms with Gasteiger partial charge in [0.05, 0.1) is 0 Å². The maximum Gasteiger partial charge on any atom is 0.00385 e. The first-order chi connectivity index (χ1) is 23.5. The van der Waals surface area contributed by atoms with Crippen molar-refractivity contribution in [3.63, 3.8) is 0 Å². The molecule has 0 aromatic rings. The Balaban J connectivity index is -0.000000124. The van der Waals surface area contributed by atoms with E-state index in [1.165, 1.54) is 97.1 Å². The molecule has 0 atom stereocenters. The Morgan fingerprint density at radius 3 is 0.792 bits per heavy atom. The zero-order valence-electron chi connectivity index (χ0n) is 38.3. The van der Waals surface area contributed by atoms with E-state index < -0.39 is 0 Å². The minimum atomic E-state index is 0. The zero-order valence-corrected chi connectivity index (χ0v) is 46.8. The fourth-order valence-electron chi connectivity index (χ4n) is 5.65. The molecule has 6 nitrogen and oxygen atoms in total. The first-order valence-electron chi connectivity index (χ1n) is 20.8. The Hall–Kier alpha value is 3.07. The molecule has 0 spiro atoms. The quantitative estimate of drug-likeness (QED) is 0.191. The van der Waals surface area contributed by atoms with Crippen LogP contribution in [0, 0.1) is 41.8 Å². The van der Waals surface area contributed by atoms with E-state index in [2.05, 4.69) is 144 Å². The Morgan fingerprint density at radius 1 is 0.396 bits per heavy atom. The molecule has 315 valence electrons. The van der Waals surface area contributed by atoms with Gasteiger partial charge in [0.1, 0.15) is 0 Å². The van der Waals surface area contributed by atoms with Gasteiger partial charge in [-0.1, -0.05) is 67.3 Å². The molecule has 3 heterocycles. The van der Waals surface area contributed by atoms with E-state index in [0.29, 0.717) is 18.1 Å². The Morgan fingerprint density at radius 2 is 0.660 bits per heavy atom. The third kappa shape index (κ3) is 43.0. The molecular formula is C44H94N6Y3-6. The van der Waals surface area contributed by atoms with E-state index in [9.17, 15) is 0 Å². The van der Waals surface area contributed by atoms with Crippen molar-refractivity contribution in [2.24, 2.45) is 0 Å². The summed E-state index contributed by atoms with van der Waals surface area (Å²) in [5.74, 6) is 0. The van der Waals surface area contributed by atoms with Crippen LogP contribution in [0.4, 0.5) is 0 Å². The Bertz CT molecular complexity index is 652. The fourth-order valence-corrected chi connectivity index (χ4v) is 5.65. The summed E-state index contributed by atoms with van der Waals surface area (Å²) in [6.45, 7) is 52.9. The van der Waals surface area contributed by atoms with Gasteiger partial charge in [-0.05, 0) is 137 Å². The van der Waals surface area contributed by atoms with Gasteiger partial charge < -0.3 is 57.1 Å². The van der Waals surface area contributed by atoms with Crippen LogP contribution in [0.3, 0.4) is 0 Å². The maximum atomic E-state index is 3.82. The van der Waals surface area contributed by atoms with Gasteiger partial charge in [-0.3, -0.25) is 14.1 Å². The monoisotopic (exact) mass is 973 g/mol. The number of likely N-dealkylation sites (tertiary alicyclic amines) is 3. The van der Waals surface area contributed by atoms with E-state index in [4.69, 9.17) is 0 Å². The second kappa shape index (κ2) is 46.1. The van der Waals surface area contributed by atoms with Gasteiger partial charge in [0.25, 0.3) is 0 Å². The SMILES string of the molecule is CC(C)N1CCCC1.CC(C)N1CCCCC1.CC(C)N1CCCCCC1.[CH2-]CCN([CH2-])C(C)C.[CH2-]CN(C[CH2-])C(C)C.[CH2-]CN([CH2-])C(C)C.[Y].[Y].[Y]. The van der Waals surface area contributed by atoms with E-state index >= 15 is 0 Å². The standard InChI is InChI=1S/C9H19N.C8H17N.3C7H15N.C6H13N.3Y/c1-9(2)10-7-5-3-4-6-8-10;1-8(2)9-6-4-3-5-7-9;1-7(2)8-5-3-4-6-8;1-5-6-8(4)7(2)3;1-5-8(6-2)7(3)4;1-5-7(4)6(2)3;;;/h9H,3-8H2,1-2H3;8H,3-7H2,1-2H3;7H,3-6H2,1-2H3;7H,1,4-6H2,2-3H3;7H,1-2,5-6H2,3-4H3;6H,1,4-5H2,2-3H3;;;/q;;;3*-2;;;. The summed E-state index contributed by atoms with van der Waals surface area (Å²) in [6, 6.07) is 3.97. The molecule has 0 unspecified atom stereocenters. The van der Waals surface area contributed by atoms with Crippen LogP contribution in [0.1, 0.15) is 147 Å². The molecule has 0 aromatic carbocycles. The molecule has 3 aliphatic rings. The van der Waals surface area contributed by atoms with Crippen molar-refractivity contribution >= 4 is 0 Å². The second-order valence-electron chi connectivity index (χ2n) is 15.9. The van der Waals surface area contributed by atoms with Gasteiger partial charge in [0.2, 0.25) is 0 Å². The van der Waals surface area contributed by atoms with Crippen LogP contribution >= 0.6 is 0 Å². The Kier molecular flexibility index (Phi) is 59.1. The summed E-state index contributed by atoms with van der Waals surface area (Å²) in [6.07, 6.45) is 13.8. The third-order valence-corrected chi connectivity index (χ3v) is 9.86. The van der Waals surface area contributed by atoms with E-state index in [1.54, 1.807) is 0 Å². The van der Waals surface area contributed by atoms with Crippen molar-refractivity contribution < 1.29 is 98.1 Å². The van der Waals surface area contributed by atoms with Crippen LogP contribution in [-0.4, -0.2) is 131 Å². The van der Waals surface area contributed by atoms with Crippen LogP contribution in [-0.2, 0) is 98.1 Å². The van der Waals surface area contributed by atoms with Gasteiger partial charge in [-0.15, -0.1) is 13.1 Å². The van der Waals surface area contributed by atoms with Crippen LogP contribution in [0.5, 0.6) is 0 Å². The van der Waals surface area contributed by atoms with Crippen LogP contribution in [0.2, 0.25) is 0 Å². The molecule has 0 aliphatic carbocycles. The zero-order chi connectivity index (χ0) is 39.1. The molecule has 0 amide bonds. The first-order valence-corrected chi connectivity index (χ1v) is 20.8. The molecule has 0 N–H and O–H groups in total. The topological polar surface area (TPSA) is 19.4 Å². The van der Waals surface area contributed by atoms with Crippen molar-refractivity contribution in [3.8, 4) is 0 Å². The molecule has 0 saturated carbocycles. The van der Waals surface area contributed by atoms with Crippen LogP contribution < -0.4 is 0 Å². The molecule has 9 heteroatoms. The van der Waals surface area contributed by atoms with Crippen molar-refractivity contribution in [1.82, 2.24) is 29.4 Å². The molecule has 3 saturated heterocycles. The number of hydrogen-bond acceptors (Lipinski definition) is 6. The van der Waals surface area contributed by atoms with E-state index in [1.807, 2.05) is 9.80 Å². The van der Waals surface area contributed by atoms with E-state index in [-0.39, 0.29) is 98.1 Å². The Labute approximate surface area is 413 Å². The number of hydrogen-bond donors (Lipinski definition) is 0. The van der Waals surface area contributed by atoms with Crippen LogP contribution in [0.25, 0.3) is 0 Å². The maximum absolute atomic E-state index is 3.82. The normalized spacial score (nSPS) is 16.6. The van der Waals surface area contributed by atoms with E-state index in [0.717, 1.165) is 50.7 Å². The number of rotatable bonds is 11. The molecule has 3 rings (SSSR count). The second-order valence-corrected chi connectivity index (χ2v) is 15.9. The van der Waals surface area contributed by atoms with Crippen molar-refractivity contribution in [3.05, 3.63) is 41.8 Å². The third-order valence-electron chi connectivity index (χ3n) is 9.86. The molecule has 3 aliphatic heterocycles. The number of piperidine rings is 1. The average molecular weight is 974 g/mol. The molecule has 0 aromatic heterocycles. The minimum absolute atomic E-state index is 0. The fraction of sp³-hybridized carbons (Fsp3) is 0.864. The van der Waals surface area contributed by atoms with Gasteiger partial charge in [-0.2, -0.15) is 13.0 Å². The van der Waals surface area contributed by atoms with Gasteiger partial charge in [-0.25, -0.2) is 0 Å².